The zero-order chi connectivity index (χ0) is 15.1. The molecule has 0 radical (unpaired) electrons. The molecule has 3 nitrogen and oxygen atoms in total. The summed E-state index contributed by atoms with van der Waals surface area (Å²) in [6.45, 7) is 11.0. The average molecular weight is 308 g/mol. The van der Waals surface area contributed by atoms with Crippen LogP contribution in [0.1, 0.15) is 32.4 Å². The van der Waals surface area contributed by atoms with Gasteiger partial charge in [-0.2, -0.15) is 11.8 Å². The van der Waals surface area contributed by atoms with Gasteiger partial charge in [0.1, 0.15) is 5.75 Å². The summed E-state index contributed by atoms with van der Waals surface area (Å²) >= 11 is 2.07. The first-order valence-corrected chi connectivity index (χ1v) is 9.10. The molecular weight excluding hydrogens is 280 g/mol. The first-order chi connectivity index (χ1) is 10.1. The molecule has 2 rings (SSSR count). The second-order valence-electron chi connectivity index (χ2n) is 5.87. The SMILES string of the molecule is CC(C)Oc1ccc(C(C)NCCN2CCSCC2)cc1. The normalized spacial score (nSPS) is 17.9. The van der Waals surface area contributed by atoms with Crippen LogP contribution in [0.2, 0.25) is 0 Å². The zero-order valence-electron chi connectivity index (χ0n) is 13.5. The Labute approximate surface area is 133 Å². The van der Waals surface area contributed by atoms with Crippen LogP contribution < -0.4 is 10.1 Å². The van der Waals surface area contributed by atoms with Gasteiger partial charge in [0.2, 0.25) is 0 Å². The summed E-state index contributed by atoms with van der Waals surface area (Å²) in [4.78, 5) is 2.55. The van der Waals surface area contributed by atoms with E-state index < -0.39 is 0 Å². The molecule has 0 spiro atoms. The smallest absolute Gasteiger partial charge is 0.119 e. The number of ether oxygens (including phenoxy) is 1. The van der Waals surface area contributed by atoms with Gasteiger partial charge >= 0.3 is 0 Å². The predicted molar refractivity (Wildman–Crippen MR) is 92.4 cm³/mol. The molecule has 0 aromatic heterocycles. The highest BCUT2D eigenvalue weighted by molar-refractivity contribution is 7.99. The van der Waals surface area contributed by atoms with Gasteiger partial charge in [-0.05, 0) is 38.5 Å². The van der Waals surface area contributed by atoms with Gasteiger partial charge < -0.3 is 15.0 Å². The molecule has 0 bridgehead atoms. The summed E-state index contributed by atoms with van der Waals surface area (Å²) in [5.74, 6) is 3.52. The Morgan fingerprint density at radius 2 is 1.81 bits per heavy atom. The monoisotopic (exact) mass is 308 g/mol. The molecule has 1 heterocycles. The van der Waals surface area contributed by atoms with Crippen molar-refractivity contribution in [2.75, 3.05) is 37.7 Å². The van der Waals surface area contributed by atoms with E-state index in [4.69, 9.17) is 4.74 Å². The molecule has 1 unspecified atom stereocenters. The molecule has 1 aromatic carbocycles. The van der Waals surface area contributed by atoms with Gasteiger partial charge in [-0.25, -0.2) is 0 Å². The Balaban J connectivity index is 1.73. The fraction of sp³-hybridized carbons (Fsp3) is 0.647. The van der Waals surface area contributed by atoms with Crippen LogP contribution in [-0.4, -0.2) is 48.7 Å². The molecule has 1 fully saturated rings. The number of benzene rings is 1. The van der Waals surface area contributed by atoms with Gasteiger partial charge in [0.15, 0.2) is 0 Å². The van der Waals surface area contributed by atoms with E-state index in [2.05, 4.69) is 67.0 Å². The van der Waals surface area contributed by atoms with Gasteiger partial charge in [-0.15, -0.1) is 0 Å². The highest BCUT2D eigenvalue weighted by Crippen LogP contribution is 2.18. The van der Waals surface area contributed by atoms with Gasteiger partial charge in [-0.1, -0.05) is 12.1 Å². The van der Waals surface area contributed by atoms with Crippen LogP contribution in [0.4, 0.5) is 0 Å². The van der Waals surface area contributed by atoms with Crippen molar-refractivity contribution in [3.8, 4) is 5.75 Å². The quantitative estimate of drug-likeness (QED) is 0.836. The first-order valence-electron chi connectivity index (χ1n) is 7.95. The lowest BCUT2D eigenvalue weighted by atomic mass is 10.1. The van der Waals surface area contributed by atoms with Crippen molar-refractivity contribution in [2.45, 2.75) is 32.9 Å². The Morgan fingerprint density at radius 3 is 2.43 bits per heavy atom. The fourth-order valence-corrected chi connectivity index (χ4v) is 3.47. The maximum Gasteiger partial charge on any atom is 0.119 e. The molecule has 1 saturated heterocycles. The van der Waals surface area contributed by atoms with Crippen LogP contribution in [0.15, 0.2) is 24.3 Å². The maximum absolute atomic E-state index is 5.68. The van der Waals surface area contributed by atoms with Gasteiger partial charge in [0.05, 0.1) is 6.10 Å². The fourth-order valence-electron chi connectivity index (χ4n) is 2.49. The minimum atomic E-state index is 0.231. The van der Waals surface area contributed by atoms with Crippen molar-refractivity contribution in [1.82, 2.24) is 10.2 Å². The number of rotatable bonds is 7. The second-order valence-corrected chi connectivity index (χ2v) is 7.09. The third kappa shape index (κ3) is 5.89. The molecule has 0 saturated carbocycles. The van der Waals surface area contributed by atoms with E-state index >= 15 is 0 Å². The third-order valence-electron chi connectivity index (χ3n) is 3.73. The van der Waals surface area contributed by atoms with Crippen molar-refractivity contribution in [1.29, 1.82) is 0 Å². The minimum absolute atomic E-state index is 0.231. The highest BCUT2D eigenvalue weighted by atomic mass is 32.2. The Hall–Kier alpha value is -0.710. The summed E-state index contributed by atoms with van der Waals surface area (Å²) < 4.78 is 5.68. The molecular formula is C17H28N2OS. The number of hydrogen-bond acceptors (Lipinski definition) is 4. The number of hydrogen-bond donors (Lipinski definition) is 1. The maximum atomic E-state index is 5.68. The summed E-state index contributed by atoms with van der Waals surface area (Å²) in [5, 5.41) is 3.62. The summed E-state index contributed by atoms with van der Waals surface area (Å²) in [7, 11) is 0. The van der Waals surface area contributed by atoms with Gasteiger partial charge in [0, 0.05) is 43.7 Å². The second kappa shape index (κ2) is 8.66. The summed E-state index contributed by atoms with van der Waals surface area (Å²) in [5.41, 5.74) is 1.32. The van der Waals surface area contributed by atoms with E-state index in [1.54, 1.807) is 0 Å². The van der Waals surface area contributed by atoms with Crippen LogP contribution in [0.3, 0.4) is 0 Å². The summed E-state index contributed by atoms with van der Waals surface area (Å²) in [6.07, 6.45) is 0.231. The molecule has 4 heteroatoms. The van der Waals surface area contributed by atoms with E-state index in [0.717, 1.165) is 18.8 Å². The van der Waals surface area contributed by atoms with Gasteiger partial charge in [-0.3, -0.25) is 0 Å². The van der Waals surface area contributed by atoms with Crippen LogP contribution in [0.5, 0.6) is 5.75 Å². The predicted octanol–water partition coefficient (Wildman–Crippen LogP) is 3.17. The largest absolute Gasteiger partial charge is 0.491 e. The van der Waals surface area contributed by atoms with Crippen LogP contribution in [0.25, 0.3) is 0 Å². The van der Waals surface area contributed by atoms with E-state index in [9.17, 15) is 0 Å². The molecule has 1 aromatic rings. The third-order valence-corrected chi connectivity index (χ3v) is 4.68. The van der Waals surface area contributed by atoms with Crippen molar-refractivity contribution in [3.05, 3.63) is 29.8 Å². The molecule has 1 N–H and O–H groups in total. The lowest BCUT2D eigenvalue weighted by Gasteiger charge is -2.27. The van der Waals surface area contributed by atoms with Crippen molar-refractivity contribution < 1.29 is 4.74 Å². The summed E-state index contributed by atoms with van der Waals surface area (Å²) in [6, 6.07) is 8.84. The Morgan fingerprint density at radius 1 is 1.14 bits per heavy atom. The van der Waals surface area contributed by atoms with Crippen molar-refractivity contribution in [3.63, 3.8) is 0 Å². The Bertz CT molecular complexity index is 402. The minimum Gasteiger partial charge on any atom is -0.491 e. The number of thioether (sulfide) groups is 1. The lowest BCUT2D eigenvalue weighted by Crippen LogP contribution is -2.38. The molecule has 0 amide bonds. The topological polar surface area (TPSA) is 24.5 Å². The van der Waals surface area contributed by atoms with Crippen LogP contribution in [-0.2, 0) is 0 Å². The first kappa shape index (κ1) is 16.7. The van der Waals surface area contributed by atoms with E-state index in [1.807, 2.05) is 0 Å². The van der Waals surface area contributed by atoms with Crippen molar-refractivity contribution in [2.24, 2.45) is 0 Å². The number of nitrogens with one attached hydrogen (secondary N) is 1. The standard InChI is InChI=1S/C17H28N2OS/c1-14(2)20-17-6-4-16(5-7-17)15(3)18-8-9-19-10-12-21-13-11-19/h4-7,14-15,18H,8-13H2,1-3H3. The van der Waals surface area contributed by atoms with E-state index in [0.29, 0.717) is 6.04 Å². The van der Waals surface area contributed by atoms with Gasteiger partial charge in [0.25, 0.3) is 0 Å². The molecule has 1 atom stereocenters. The average Bonchev–Trinajstić information content (AvgIpc) is 2.48. The zero-order valence-corrected chi connectivity index (χ0v) is 14.3. The van der Waals surface area contributed by atoms with E-state index in [-0.39, 0.29) is 6.10 Å². The molecule has 1 aliphatic rings. The molecule has 1 aliphatic heterocycles. The highest BCUT2D eigenvalue weighted by Gasteiger charge is 2.10. The molecule has 21 heavy (non-hydrogen) atoms. The van der Waals surface area contributed by atoms with Crippen LogP contribution in [0, 0.1) is 0 Å². The van der Waals surface area contributed by atoms with E-state index in [1.165, 1.54) is 30.2 Å². The number of nitrogens with zero attached hydrogens (tertiary/aromatic N) is 1. The molecule has 118 valence electrons. The molecule has 0 aliphatic carbocycles. The lowest BCUT2D eigenvalue weighted by molar-refractivity contribution is 0.242. The van der Waals surface area contributed by atoms with Crippen LogP contribution >= 0.6 is 11.8 Å². The Kier molecular flexibility index (Phi) is 6.87. The van der Waals surface area contributed by atoms with Crippen molar-refractivity contribution >= 4 is 11.8 Å².